The average Bonchev–Trinajstić information content (AvgIpc) is 3.30. The molecule has 4 rings (SSSR count). The second kappa shape index (κ2) is 7.52. The summed E-state index contributed by atoms with van der Waals surface area (Å²) in [6.45, 7) is 2.04. The van der Waals surface area contributed by atoms with E-state index < -0.39 is 0 Å². The second-order valence-corrected chi connectivity index (χ2v) is 7.02. The van der Waals surface area contributed by atoms with Crippen LogP contribution in [0.3, 0.4) is 0 Å². The molecule has 0 aliphatic carbocycles. The number of benzene rings is 1. The van der Waals surface area contributed by atoms with E-state index in [9.17, 15) is 0 Å². The van der Waals surface area contributed by atoms with Crippen LogP contribution in [0.2, 0.25) is 0 Å². The van der Waals surface area contributed by atoms with Crippen LogP contribution in [-0.2, 0) is 0 Å². The molecule has 6 nitrogen and oxygen atoms in total. The van der Waals surface area contributed by atoms with Crippen molar-refractivity contribution in [2.75, 3.05) is 19.1 Å². The van der Waals surface area contributed by atoms with Crippen LogP contribution in [0.5, 0.6) is 11.5 Å². The Kier molecular flexibility index (Phi) is 4.92. The molecule has 2 aromatic heterocycles. The molecule has 144 valence electrons. The largest absolute Gasteiger partial charge is 0.497 e. The predicted molar refractivity (Wildman–Crippen MR) is 113 cm³/mol. The summed E-state index contributed by atoms with van der Waals surface area (Å²) in [5.74, 6) is 1.42. The molecule has 1 aliphatic rings. The Labute approximate surface area is 169 Å². The Balaban J connectivity index is 1.84. The Morgan fingerprint density at radius 1 is 1.07 bits per heavy atom. The summed E-state index contributed by atoms with van der Waals surface area (Å²) in [6.07, 6.45) is 1.80. The van der Waals surface area contributed by atoms with Crippen molar-refractivity contribution in [1.29, 1.82) is 0 Å². The molecule has 2 N–H and O–H groups in total. The summed E-state index contributed by atoms with van der Waals surface area (Å²) in [6, 6.07) is 15.6. The van der Waals surface area contributed by atoms with Gasteiger partial charge in [-0.25, -0.2) is 0 Å². The number of rotatable bonds is 5. The number of methoxy groups -OCH3 is 2. The van der Waals surface area contributed by atoms with Crippen LogP contribution < -0.4 is 19.7 Å². The lowest BCUT2D eigenvalue weighted by molar-refractivity contribution is 0.394. The van der Waals surface area contributed by atoms with E-state index in [1.807, 2.05) is 43.3 Å². The highest BCUT2D eigenvalue weighted by molar-refractivity contribution is 7.80. The van der Waals surface area contributed by atoms with Crippen LogP contribution in [0.1, 0.15) is 29.2 Å². The minimum absolute atomic E-state index is 0.0986. The number of anilines is 1. The lowest BCUT2D eigenvalue weighted by Gasteiger charge is -2.28. The van der Waals surface area contributed by atoms with Gasteiger partial charge in [0.05, 0.1) is 31.6 Å². The molecule has 1 aromatic carbocycles. The maximum Gasteiger partial charge on any atom is 0.174 e. The molecule has 1 aliphatic heterocycles. The summed E-state index contributed by atoms with van der Waals surface area (Å²) >= 11 is 5.74. The van der Waals surface area contributed by atoms with Crippen LogP contribution in [0.4, 0.5) is 5.69 Å². The third-order valence-electron chi connectivity index (χ3n) is 4.92. The zero-order chi connectivity index (χ0) is 19.7. The fraction of sp³-hybridized carbons (Fsp3) is 0.238. The summed E-state index contributed by atoms with van der Waals surface area (Å²) in [4.78, 5) is 10.1. The zero-order valence-electron chi connectivity index (χ0n) is 16.0. The number of thiocarbonyl (C=S) groups is 1. The van der Waals surface area contributed by atoms with E-state index in [-0.39, 0.29) is 12.1 Å². The number of aromatic amines is 1. The first kappa shape index (κ1) is 18.3. The smallest absolute Gasteiger partial charge is 0.174 e. The fourth-order valence-electron chi connectivity index (χ4n) is 3.61. The van der Waals surface area contributed by atoms with Gasteiger partial charge in [0.15, 0.2) is 5.11 Å². The molecular weight excluding hydrogens is 372 g/mol. The molecule has 0 unspecified atom stereocenters. The highest BCUT2D eigenvalue weighted by Crippen LogP contribution is 2.44. The van der Waals surface area contributed by atoms with E-state index in [0.717, 1.165) is 28.5 Å². The van der Waals surface area contributed by atoms with E-state index in [1.165, 1.54) is 0 Å². The van der Waals surface area contributed by atoms with E-state index in [0.29, 0.717) is 10.9 Å². The Bertz CT molecular complexity index is 989. The highest BCUT2D eigenvalue weighted by Gasteiger charge is 2.42. The third-order valence-corrected chi connectivity index (χ3v) is 5.23. The first-order valence-corrected chi connectivity index (χ1v) is 9.41. The average molecular weight is 395 g/mol. The molecule has 2 atom stereocenters. The number of aryl methyl sites for hydroxylation is 1. The number of aromatic nitrogens is 2. The maximum atomic E-state index is 5.74. The first-order valence-electron chi connectivity index (χ1n) is 9.00. The van der Waals surface area contributed by atoms with Gasteiger partial charge < -0.3 is 24.7 Å². The number of nitrogens with one attached hydrogen (secondary N) is 2. The summed E-state index contributed by atoms with van der Waals surface area (Å²) in [7, 11) is 3.28. The van der Waals surface area contributed by atoms with Gasteiger partial charge in [-0.05, 0) is 55.5 Å². The van der Waals surface area contributed by atoms with Gasteiger partial charge in [-0.15, -0.1) is 0 Å². The van der Waals surface area contributed by atoms with Crippen LogP contribution in [0.15, 0.2) is 54.7 Å². The molecule has 0 radical (unpaired) electrons. The summed E-state index contributed by atoms with van der Waals surface area (Å²) < 4.78 is 11.0. The second-order valence-electron chi connectivity index (χ2n) is 6.63. The topological polar surface area (TPSA) is 62.4 Å². The Morgan fingerprint density at radius 3 is 2.57 bits per heavy atom. The van der Waals surface area contributed by atoms with Crippen LogP contribution in [-0.4, -0.2) is 29.3 Å². The molecule has 7 heteroatoms. The van der Waals surface area contributed by atoms with Gasteiger partial charge in [0.1, 0.15) is 17.5 Å². The lowest BCUT2D eigenvalue weighted by atomic mass is 10.0. The molecule has 0 saturated carbocycles. The zero-order valence-corrected chi connectivity index (χ0v) is 16.8. The van der Waals surface area contributed by atoms with Gasteiger partial charge in [-0.2, -0.15) is 0 Å². The molecule has 1 fully saturated rings. The SMILES string of the molecule is COc1ccc(N2C(=S)N[C@H](c3ccccn3)[C@@H]2c2ccc(C)[nH]2)c(OC)c1. The predicted octanol–water partition coefficient (Wildman–Crippen LogP) is 3.91. The highest BCUT2D eigenvalue weighted by atomic mass is 32.1. The molecule has 3 aromatic rings. The van der Waals surface area contributed by atoms with Crippen LogP contribution in [0, 0.1) is 6.92 Å². The van der Waals surface area contributed by atoms with Gasteiger partial charge in [0, 0.05) is 23.7 Å². The van der Waals surface area contributed by atoms with Crippen LogP contribution in [0.25, 0.3) is 0 Å². The van der Waals surface area contributed by atoms with E-state index in [4.69, 9.17) is 21.7 Å². The minimum Gasteiger partial charge on any atom is -0.497 e. The molecule has 0 bridgehead atoms. The van der Waals surface area contributed by atoms with Crippen molar-refractivity contribution in [2.24, 2.45) is 0 Å². The monoisotopic (exact) mass is 394 g/mol. The Morgan fingerprint density at radius 2 is 1.93 bits per heavy atom. The van der Waals surface area contributed by atoms with Gasteiger partial charge in [0.2, 0.25) is 0 Å². The van der Waals surface area contributed by atoms with E-state index in [2.05, 4.69) is 32.3 Å². The van der Waals surface area contributed by atoms with Crippen molar-refractivity contribution in [3.05, 3.63) is 71.8 Å². The van der Waals surface area contributed by atoms with Crippen molar-refractivity contribution in [1.82, 2.24) is 15.3 Å². The number of pyridine rings is 1. The number of hydrogen-bond donors (Lipinski definition) is 2. The van der Waals surface area contributed by atoms with Crippen molar-refractivity contribution >= 4 is 23.0 Å². The first-order chi connectivity index (χ1) is 13.6. The van der Waals surface area contributed by atoms with Crippen LogP contribution >= 0.6 is 12.2 Å². The van der Waals surface area contributed by atoms with Crippen molar-refractivity contribution in [3.63, 3.8) is 0 Å². The number of ether oxygens (including phenoxy) is 2. The number of H-pyrrole nitrogens is 1. The van der Waals surface area contributed by atoms with Gasteiger partial charge in [-0.3, -0.25) is 4.98 Å². The van der Waals surface area contributed by atoms with Gasteiger partial charge in [-0.1, -0.05) is 6.07 Å². The lowest BCUT2D eigenvalue weighted by Crippen LogP contribution is -2.30. The van der Waals surface area contributed by atoms with Crippen molar-refractivity contribution < 1.29 is 9.47 Å². The molecule has 28 heavy (non-hydrogen) atoms. The molecule has 3 heterocycles. The van der Waals surface area contributed by atoms with E-state index >= 15 is 0 Å². The number of hydrogen-bond acceptors (Lipinski definition) is 4. The normalized spacial score (nSPS) is 18.8. The molecule has 1 saturated heterocycles. The molecular formula is C21H22N4O2S. The number of nitrogens with zero attached hydrogens (tertiary/aromatic N) is 2. The van der Waals surface area contributed by atoms with Crippen molar-refractivity contribution in [3.8, 4) is 11.5 Å². The maximum absolute atomic E-state index is 5.74. The molecule has 0 amide bonds. The summed E-state index contributed by atoms with van der Waals surface area (Å²) in [5.41, 5.74) is 3.95. The third kappa shape index (κ3) is 3.18. The fourth-order valence-corrected chi connectivity index (χ4v) is 3.95. The Hall–Kier alpha value is -3.06. The van der Waals surface area contributed by atoms with Gasteiger partial charge in [0.25, 0.3) is 0 Å². The standard InChI is InChI=1S/C21H22N4O2S/c1-13-7-9-16(23-13)20-19(15-6-4-5-11-22-15)24-21(28)25(20)17-10-8-14(26-2)12-18(17)27-3/h4-12,19-20,23H,1-3H3,(H,24,28)/t19-,20+/m1/s1. The van der Waals surface area contributed by atoms with Gasteiger partial charge >= 0.3 is 0 Å². The quantitative estimate of drug-likeness (QED) is 0.640. The summed E-state index contributed by atoms with van der Waals surface area (Å²) in [5, 5.41) is 4.07. The molecule has 0 spiro atoms. The van der Waals surface area contributed by atoms with E-state index in [1.54, 1.807) is 20.4 Å². The van der Waals surface area contributed by atoms with Crippen molar-refractivity contribution in [2.45, 2.75) is 19.0 Å². The minimum atomic E-state index is -0.0987.